The van der Waals surface area contributed by atoms with Crippen LogP contribution in [0.15, 0.2) is 64.9 Å². The van der Waals surface area contributed by atoms with Crippen LogP contribution in [0, 0.1) is 12.7 Å². The molecule has 0 N–H and O–H groups in total. The summed E-state index contributed by atoms with van der Waals surface area (Å²) in [7, 11) is -3.94. The van der Waals surface area contributed by atoms with Crippen molar-refractivity contribution < 1.29 is 27.1 Å². The molecular formula is C28H31FN2O5S2. The topological polar surface area (TPSA) is 76.2 Å². The minimum Gasteiger partial charge on any atom is -0.488 e. The van der Waals surface area contributed by atoms with Crippen molar-refractivity contribution in [2.75, 3.05) is 32.8 Å². The Kier molecular flexibility index (Phi) is 8.13. The Labute approximate surface area is 226 Å². The molecule has 7 nitrogen and oxygen atoms in total. The quantitative estimate of drug-likeness (QED) is 0.385. The Balaban J connectivity index is 1.39. The highest BCUT2D eigenvalue weighted by Crippen LogP contribution is 2.34. The van der Waals surface area contributed by atoms with E-state index < -0.39 is 21.9 Å². The zero-order valence-electron chi connectivity index (χ0n) is 21.2. The molecule has 3 aromatic rings. The molecule has 1 fully saturated rings. The number of halogens is 1. The van der Waals surface area contributed by atoms with Crippen molar-refractivity contribution in [3.05, 3.63) is 81.8 Å². The molecule has 5 rings (SSSR count). The normalized spacial score (nSPS) is 19.5. The largest absolute Gasteiger partial charge is 0.488 e. The molecule has 2 aliphatic rings. The van der Waals surface area contributed by atoms with Gasteiger partial charge >= 0.3 is 0 Å². The molecule has 2 aliphatic heterocycles. The lowest BCUT2D eigenvalue weighted by atomic mass is 10.0. The van der Waals surface area contributed by atoms with Gasteiger partial charge in [0.25, 0.3) is 0 Å². The Morgan fingerprint density at radius 2 is 1.97 bits per heavy atom. The van der Waals surface area contributed by atoms with Gasteiger partial charge in [-0.15, -0.1) is 11.3 Å². The number of carbonyl (C=O) groups is 1. The zero-order chi connectivity index (χ0) is 26.7. The molecular weight excluding hydrogens is 527 g/mol. The predicted molar refractivity (Wildman–Crippen MR) is 143 cm³/mol. The van der Waals surface area contributed by atoms with Crippen molar-refractivity contribution in [1.82, 2.24) is 9.21 Å². The summed E-state index contributed by atoms with van der Waals surface area (Å²) in [6, 6.07) is 14.3. The van der Waals surface area contributed by atoms with Crippen molar-refractivity contribution in [2.45, 2.75) is 43.2 Å². The van der Waals surface area contributed by atoms with Gasteiger partial charge in [0.15, 0.2) is 11.6 Å². The number of sulfonamides is 1. The van der Waals surface area contributed by atoms with Crippen molar-refractivity contribution in [3.63, 3.8) is 0 Å². The lowest BCUT2D eigenvalue weighted by Crippen LogP contribution is -2.49. The van der Waals surface area contributed by atoms with Crippen molar-refractivity contribution >= 4 is 27.3 Å². The molecule has 2 atom stereocenters. The molecule has 38 heavy (non-hydrogen) atoms. The maximum Gasteiger partial charge on any atom is 0.243 e. The number of ether oxygens (including phenoxy) is 2. The van der Waals surface area contributed by atoms with Gasteiger partial charge in [0.2, 0.25) is 15.9 Å². The summed E-state index contributed by atoms with van der Waals surface area (Å²) < 4.78 is 54.4. The smallest absolute Gasteiger partial charge is 0.243 e. The van der Waals surface area contributed by atoms with E-state index in [2.05, 4.69) is 0 Å². The fourth-order valence-corrected chi connectivity index (χ4v) is 7.32. The van der Waals surface area contributed by atoms with Crippen molar-refractivity contribution in [3.8, 4) is 5.75 Å². The minimum absolute atomic E-state index is 0.0624. The standard InChI is InChI=1S/C28H31FN2O5S2/c1-20-8-10-22(11-9-20)38(33,34)30(17-21-5-4-15-35-21)18-28(32)31-14-12-27-23(13-16-37-27)25(31)19-36-26-7-3-2-6-24(26)29/h2-3,6-11,13,16,21,25H,4-5,12,14-15,17-19H2,1H3/t21-,25-/m0/s1. The van der Waals surface area contributed by atoms with Crippen LogP contribution in [-0.2, 0) is 26.0 Å². The first-order valence-electron chi connectivity index (χ1n) is 12.7. The van der Waals surface area contributed by atoms with E-state index in [0.717, 1.165) is 28.8 Å². The first kappa shape index (κ1) is 26.8. The molecule has 0 saturated carbocycles. The number of benzene rings is 2. The number of aryl methyl sites for hydroxylation is 1. The van der Waals surface area contributed by atoms with Crippen LogP contribution in [0.2, 0.25) is 0 Å². The van der Waals surface area contributed by atoms with Gasteiger partial charge in [0.1, 0.15) is 6.61 Å². The average molecular weight is 559 g/mol. The molecule has 0 bridgehead atoms. The summed E-state index contributed by atoms with van der Waals surface area (Å²) in [6.45, 7) is 2.76. The van der Waals surface area contributed by atoms with E-state index in [-0.39, 0.29) is 42.4 Å². The minimum atomic E-state index is -3.94. The molecule has 3 heterocycles. The van der Waals surface area contributed by atoms with Gasteiger partial charge in [0.05, 0.1) is 23.6 Å². The molecule has 2 aromatic carbocycles. The number of fused-ring (bicyclic) bond motifs is 1. The fourth-order valence-electron chi connectivity index (χ4n) is 4.97. The SMILES string of the molecule is Cc1ccc(S(=O)(=O)N(CC(=O)N2CCc3sccc3[C@@H]2COc2ccccc2F)C[C@@H]2CCCO2)cc1. The fraction of sp³-hybridized carbons (Fsp3) is 0.393. The zero-order valence-corrected chi connectivity index (χ0v) is 22.8. The van der Waals surface area contributed by atoms with Crippen LogP contribution in [-0.4, -0.2) is 62.5 Å². The van der Waals surface area contributed by atoms with Crippen LogP contribution in [0.1, 0.15) is 34.9 Å². The van der Waals surface area contributed by atoms with Gasteiger partial charge in [-0.05, 0) is 67.5 Å². The molecule has 1 amide bonds. The summed E-state index contributed by atoms with van der Waals surface area (Å²) >= 11 is 1.62. The van der Waals surface area contributed by atoms with Crippen LogP contribution < -0.4 is 4.74 Å². The van der Waals surface area contributed by atoms with Crippen LogP contribution in [0.25, 0.3) is 0 Å². The number of hydrogen-bond acceptors (Lipinski definition) is 6. The third kappa shape index (κ3) is 5.78. The summed E-state index contributed by atoms with van der Waals surface area (Å²) in [6.07, 6.45) is 2.02. The molecule has 1 saturated heterocycles. The maximum absolute atomic E-state index is 14.2. The van der Waals surface area contributed by atoms with E-state index in [1.54, 1.807) is 58.7 Å². The number of amides is 1. The first-order valence-corrected chi connectivity index (χ1v) is 15.1. The van der Waals surface area contributed by atoms with Gasteiger partial charge in [-0.2, -0.15) is 4.31 Å². The van der Waals surface area contributed by atoms with Crippen LogP contribution in [0.5, 0.6) is 5.75 Å². The van der Waals surface area contributed by atoms with Crippen LogP contribution in [0.4, 0.5) is 4.39 Å². The molecule has 202 valence electrons. The highest BCUT2D eigenvalue weighted by atomic mass is 32.2. The summed E-state index contributed by atoms with van der Waals surface area (Å²) in [5.41, 5.74) is 1.90. The van der Waals surface area contributed by atoms with E-state index in [4.69, 9.17) is 9.47 Å². The Bertz CT molecular complexity index is 1370. The number of carbonyl (C=O) groups excluding carboxylic acids is 1. The molecule has 0 aliphatic carbocycles. The van der Waals surface area contributed by atoms with Gasteiger partial charge in [-0.3, -0.25) is 4.79 Å². The number of hydrogen-bond donors (Lipinski definition) is 0. The number of para-hydroxylation sites is 1. The average Bonchev–Trinajstić information content (AvgIpc) is 3.60. The Morgan fingerprint density at radius 1 is 1.18 bits per heavy atom. The van der Waals surface area contributed by atoms with E-state index >= 15 is 0 Å². The molecule has 0 unspecified atom stereocenters. The van der Waals surface area contributed by atoms with Gasteiger partial charge in [-0.25, -0.2) is 12.8 Å². The highest BCUT2D eigenvalue weighted by molar-refractivity contribution is 7.89. The van der Waals surface area contributed by atoms with Crippen molar-refractivity contribution in [1.29, 1.82) is 0 Å². The van der Waals surface area contributed by atoms with Gasteiger partial charge in [0, 0.05) is 24.6 Å². The summed E-state index contributed by atoms with van der Waals surface area (Å²) in [4.78, 5) is 16.8. The lowest BCUT2D eigenvalue weighted by Gasteiger charge is -2.37. The molecule has 10 heteroatoms. The third-order valence-corrected chi connectivity index (χ3v) is 9.87. The third-order valence-electron chi connectivity index (χ3n) is 7.05. The number of thiophene rings is 1. The Morgan fingerprint density at radius 3 is 2.71 bits per heavy atom. The monoisotopic (exact) mass is 558 g/mol. The first-order chi connectivity index (χ1) is 18.3. The molecule has 0 radical (unpaired) electrons. The van der Waals surface area contributed by atoms with Crippen LogP contribution in [0.3, 0.4) is 0 Å². The van der Waals surface area contributed by atoms with E-state index in [9.17, 15) is 17.6 Å². The second-order valence-electron chi connectivity index (χ2n) is 9.64. The highest BCUT2D eigenvalue weighted by Gasteiger charge is 2.36. The van der Waals surface area contributed by atoms with E-state index in [1.807, 2.05) is 18.4 Å². The second kappa shape index (κ2) is 11.5. The van der Waals surface area contributed by atoms with Crippen molar-refractivity contribution in [2.24, 2.45) is 0 Å². The predicted octanol–water partition coefficient (Wildman–Crippen LogP) is 4.57. The van der Waals surface area contributed by atoms with Crippen LogP contribution >= 0.6 is 11.3 Å². The van der Waals surface area contributed by atoms with Gasteiger partial charge < -0.3 is 14.4 Å². The van der Waals surface area contributed by atoms with E-state index in [0.29, 0.717) is 19.6 Å². The maximum atomic E-state index is 14.2. The summed E-state index contributed by atoms with van der Waals surface area (Å²) in [5.74, 6) is -0.680. The molecule has 1 aromatic heterocycles. The molecule has 0 spiro atoms. The lowest BCUT2D eigenvalue weighted by molar-refractivity contribution is -0.135. The summed E-state index contributed by atoms with van der Waals surface area (Å²) in [5, 5.41) is 1.97. The van der Waals surface area contributed by atoms with E-state index in [1.165, 1.54) is 10.4 Å². The second-order valence-corrected chi connectivity index (χ2v) is 12.6. The van der Waals surface area contributed by atoms with Gasteiger partial charge in [-0.1, -0.05) is 29.8 Å². The number of nitrogens with zero attached hydrogens (tertiary/aromatic N) is 2. The number of rotatable bonds is 9. The Hall–Kier alpha value is -2.79.